The SMILES string of the molecule is NCCCC(Cc1cnn(-c2ccccc2)c1)C(=O)O. The van der Waals surface area contributed by atoms with E-state index in [-0.39, 0.29) is 0 Å². The van der Waals surface area contributed by atoms with Crippen LogP contribution in [0.2, 0.25) is 0 Å². The number of nitrogens with zero attached hydrogens (tertiary/aromatic N) is 2. The van der Waals surface area contributed by atoms with Crippen LogP contribution in [0.3, 0.4) is 0 Å². The second kappa shape index (κ2) is 6.86. The number of carbonyl (C=O) groups is 1. The molecule has 5 nitrogen and oxygen atoms in total. The molecule has 1 aromatic carbocycles. The number of aliphatic carboxylic acids is 1. The van der Waals surface area contributed by atoms with Crippen molar-refractivity contribution in [3.05, 3.63) is 48.3 Å². The molecule has 1 heterocycles. The quantitative estimate of drug-likeness (QED) is 0.806. The normalized spacial score (nSPS) is 12.2. The summed E-state index contributed by atoms with van der Waals surface area (Å²) >= 11 is 0. The van der Waals surface area contributed by atoms with E-state index >= 15 is 0 Å². The smallest absolute Gasteiger partial charge is 0.306 e. The molecule has 0 aliphatic heterocycles. The van der Waals surface area contributed by atoms with Gasteiger partial charge in [0.15, 0.2) is 0 Å². The number of benzene rings is 1. The second-order valence-electron chi connectivity index (χ2n) is 4.80. The van der Waals surface area contributed by atoms with Crippen LogP contribution in [0.1, 0.15) is 18.4 Å². The molecule has 106 valence electrons. The van der Waals surface area contributed by atoms with Gasteiger partial charge in [-0.05, 0) is 43.5 Å². The van der Waals surface area contributed by atoms with Crippen LogP contribution in [-0.4, -0.2) is 27.4 Å². The summed E-state index contributed by atoms with van der Waals surface area (Å²) in [5.74, 6) is -1.17. The number of nitrogens with two attached hydrogens (primary N) is 1. The molecule has 2 aromatic rings. The molecule has 0 aliphatic carbocycles. The summed E-state index contributed by atoms with van der Waals surface area (Å²) in [5, 5.41) is 13.5. The van der Waals surface area contributed by atoms with Crippen molar-refractivity contribution in [1.82, 2.24) is 9.78 Å². The van der Waals surface area contributed by atoms with E-state index in [2.05, 4.69) is 5.10 Å². The molecule has 0 bridgehead atoms. The summed E-state index contributed by atoms with van der Waals surface area (Å²) in [6.45, 7) is 0.521. The molecular weight excluding hydrogens is 254 g/mol. The van der Waals surface area contributed by atoms with Gasteiger partial charge in [-0.1, -0.05) is 18.2 Å². The maximum atomic E-state index is 11.2. The Hall–Kier alpha value is -2.14. The number of carboxylic acid groups (broad SMARTS) is 1. The lowest BCUT2D eigenvalue weighted by atomic mass is 9.96. The molecule has 2 rings (SSSR count). The van der Waals surface area contributed by atoms with Gasteiger partial charge in [0.25, 0.3) is 0 Å². The number of aromatic nitrogens is 2. The standard InChI is InChI=1S/C15H19N3O2/c16-8-4-5-13(15(19)20)9-12-10-17-18(11-12)14-6-2-1-3-7-14/h1-3,6-7,10-11,13H,4-5,8-9,16H2,(H,19,20). The fraction of sp³-hybridized carbons (Fsp3) is 0.333. The molecule has 0 radical (unpaired) electrons. The van der Waals surface area contributed by atoms with Crippen LogP contribution in [0.25, 0.3) is 5.69 Å². The average molecular weight is 273 g/mol. The van der Waals surface area contributed by atoms with Gasteiger partial charge in [0, 0.05) is 6.20 Å². The predicted molar refractivity (Wildman–Crippen MR) is 76.7 cm³/mol. The number of hydrogen-bond donors (Lipinski definition) is 2. The van der Waals surface area contributed by atoms with Gasteiger partial charge in [0.05, 0.1) is 17.8 Å². The summed E-state index contributed by atoms with van der Waals surface area (Å²) in [4.78, 5) is 11.2. The molecule has 0 aliphatic rings. The first-order chi connectivity index (χ1) is 9.70. The monoisotopic (exact) mass is 273 g/mol. The summed E-state index contributed by atoms with van der Waals surface area (Å²) in [6, 6.07) is 9.75. The lowest BCUT2D eigenvalue weighted by Crippen LogP contribution is -2.17. The van der Waals surface area contributed by atoms with Crippen molar-refractivity contribution >= 4 is 5.97 Å². The van der Waals surface area contributed by atoms with Gasteiger partial charge in [-0.3, -0.25) is 4.79 Å². The average Bonchev–Trinajstić information content (AvgIpc) is 2.92. The third kappa shape index (κ3) is 3.68. The van der Waals surface area contributed by atoms with Crippen molar-refractivity contribution < 1.29 is 9.90 Å². The van der Waals surface area contributed by atoms with E-state index in [1.807, 2.05) is 36.5 Å². The zero-order valence-electron chi connectivity index (χ0n) is 11.3. The Morgan fingerprint density at radius 1 is 1.35 bits per heavy atom. The number of rotatable bonds is 7. The molecule has 20 heavy (non-hydrogen) atoms. The van der Waals surface area contributed by atoms with E-state index in [1.165, 1.54) is 0 Å². The Bertz CT molecular complexity index is 551. The second-order valence-corrected chi connectivity index (χ2v) is 4.80. The Morgan fingerprint density at radius 2 is 2.10 bits per heavy atom. The van der Waals surface area contributed by atoms with E-state index in [0.717, 1.165) is 17.7 Å². The highest BCUT2D eigenvalue weighted by Crippen LogP contribution is 2.15. The van der Waals surface area contributed by atoms with Crippen LogP contribution in [0, 0.1) is 5.92 Å². The van der Waals surface area contributed by atoms with Crippen LogP contribution in [0.4, 0.5) is 0 Å². The maximum absolute atomic E-state index is 11.2. The summed E-state index contributed by atoms with van der Waals surface area (Å²) in [6.07, 6.45) is 5.42. The minimum absolute atomic E-state index is 0.396. The minimum atomic E-state index is -0.772. The van der Waals surface area contributed by atoms with Gasteiger partial charge in [-0.2, -0.15) is 5.10 Å². The molecule has 1 aromatic heterocycles. The van der Waals surface area contributed by atoms with Gasteiger partial charge in [-0.15, -0.1) is 0 Å². The van der Waals surface area contributed by atoms with Crippen molar-refractivity contribution in [1.29, 1.82) is 0 Å². The van der Waals surface area contributed by atoms with Gasteiger partial charge < -0.3 is 10.8 Å². The topological polar surface area (TPSA) is 81.1 Å². The van der Waals surface area contributed by atoms with Crippen LogP contribution in [-0.2, 0) is 11.2 Å². The van der Waals surface area contributed by atoms with E-state index in [0.29, 0.717) is 19.4 Å². The van der Waals surface area contributed by atoms with E-state index < -0.39 is 11.9 Å². The zero-order chi connectivity index (χ0) is 14.4. The Kier molecular flexibility index (Phi) is 4.90. The third-order valence-corrected chi connectivity index (χ3v) is 3.24. The molecule has 0 fully saturated rings. The number of para-hydroxylation sites is 1. The highest BCUT2D eigenvalue weighted by molar-refractivity contribution is 5.70. The first-order valence-electron chi connectivity index (χ1n) is 6.72. The number of hydrogen-bond acceptors (Lipinski definition) is 3. The lowest BCUT2D eigenvalue weighted by molar-refractivity contribution is -0.141. The fourth-order valence-corrected chi connectivity index (χ4v) is 2.15. The Labute approximate surface area is 118 Å². The Balaban J connectivity index is 2.06. The summed E-state index contributed by atoms with van der Waals surface area (Å²) < 4.78 is 1.76. The van der Waals surface area contributed by atoms with Crippen molar-refractivity contribution in [3.8, 4) is 5.69 Å². The van der Waals surface area contributed by atoms with Gasteiger partial charge >= 0.3 is 5.97 Å². The molecule has 3 N–H and O–H groups in total. The molecule has 0 saturated heterocycles. The summed E-state index contributed by atoms with van der Waals surface area (Å²) in [7, 11) is 0. The van der Waals surface area contributed by atoms with Crippen LogP contribution < -0.4 is 5.73 Å². The van der Waals surface area contributed by atoms with Crippen LogP contribution in [0.15, 0.2) is 42.7 Å². The fourth-order valence-electron chi connectivity index (χ4n) is 2.15. The van der Waals surface area contributed by atoms with Crippen molar-refractivity contribution in [2.75, 3.05) is 6.54 Å². The molecule has 1 unspecified atom stereocenters. The summed E-state index contributed by atoms with van der Waals surface area (Å²) in [5.41, 5.74) is 7.34. The highest BCUT2D eigenvalue weighted by atomic mass is 16.4. The van der Waals surface area contributed by atoms with E-state index in [9.17, 15) is 9.90 Å². The molecule has 0 saturated carbocycles. The predicted octanol–water partition coefficient (Wildman–Crippen LogP) is 1.85. The van der Waals surface area contributed by atoms with E-state index in [1.54, 1.807) is 10.9 Å². The largest absolute Gasteiger partial charge is 0.481 e. The first-order valence-corrected chi connectivity index (χ1v) is 6.72. The molecule has 5 heteroatoms. The van der Waals surface area contributed by atoms with Crippen molar-refractivity contribution in [2.45, 2.75) is 19.3 Å². The third-order valence-electron chi connectivity index (χ3n) is 3.24. The van der Waals surface area contributed by atoms with Gasteiger partial charge in [0.2, 0.25) is 0 Å². The zero-order valence-corrected chi connectivity index (χ0v) is 11.3. The van der Waals surface area contributed by atoms with Crippen molar-refractivity contribution in [2.24, 2.45) is 11.7 Å². The maximum Gasteiger partial charge on any atom is 0.306 e. The Morgan fingerprint density at radius 3 is 2.75 bits per heavy atom. The van der Waals surface area contributed by atoms with Gasteiger partial charge in [-0.25, -0.2) is 4.68 Å². The van der Waals surface area contributed by atoms with Crippen LogP contribution in [0.5, 0.6) is 0 Å². The van der Waals surface area contributed by atoms with Crippen molar-refractivity contribution in [3.63, 3.8) is 0 Å². The highest BCUT2D eigenvalue weighted by Gasteiger charge is 2.18. The van der Waals surface area contributed by atoms with E-state index in [4.69, 9.17) is 5.73 Å². The molecule has 0 amide bonds. The van der Waals surface area contributed by atoms with Crippen LogP contribution >= 0.6 is 0 Å². The first kappa shape index (κ1) is 14.3. The minimum Gasteiger partial charge on any atom is -0.481 e. The number of carboxylic acids is 1. The lowest BCUT2D eigenvalue weighted by Gasteiger charge is -2.09. The molecule has 1 atom stereocenters. The molecular formula is C15H19N3O2. The molecule has 0 spiro atoms. The van der Waals surface area contributed by atoms with Gasteiger partial charge in [0.1, 0.15) is 0 Å².